The minimum absolute atomic E-state index is 0.109. The summed E-state index contributed by atoms with van der Waals surface area (Å²) in [7, 11) is 0. The number of carbonyl (C=O) groups is 1. The van der Waals surface area contributed by atoms with E-state index >= 15 is 0 Å². The van der Waals surface area contributed by atoms with E-state index in [0.717, 1.165) is 30.6 Å². The van der Waals surface area contributed by atoms with Gasteiger partial charge >= 0.3 is 5.97 Å². The highest BCUT2D eigenvalue weighted by atomic mass is 16.5. The first-order chi connectivity index (χ1) is 15.6. The zero-order valence-electron chi connectivity index (χ0n) is 20.9. The van der Waals surface area contributed by atoms with Gasteiger partial charge in [0.1, 0.15) is 6.10 Å². The number of carbonyl (C=O) groups excluding carboxylic acids is 1. The van der Waals surface area contributed by atoms with Crippen LogP contribution in [0.15, 0.2) is 30.3 Å². The van der Waals surface area contributed by atoms with Crippen LogP contribution in [0.5, 0.6) is 0 Å². The molecule has 2 aliphatic rings. The molecule has 2 heteroatoms. The Morgan fingerprint density at radius 2 is 1.66 bits per heavy atom. The van der Waals surface area contributed by atoms with Crippen LogP contribution in [0.25, 0.3) is 5.57 Å². The van der Waals surface area contributed by atoms with E-state index in [1.807, 2.05) is 12.1 Å². The molecule has 0 bridgehead atoms. The summed E-state index contributed by atoms with van der Waals surface area (Å²) in [5, 5.41) is 0. The van der Waals surface area contributed by atoms with Crippen molar-refractivity contribution < 1.29 is 9.53 Å². The highest BCUT2D eigenvalue weighted by Crippen LogP contribution is 2.34. The second kappa shape index (κ2) is 13.2. The van der Waals surface area contributed by atoms with E-state index < -0.39 is 0 Å². The molecule has 0 aliphatic heterocycles. The van der Waals surface area contributed by atoms with Gasteiger partial charge in [-0.3, -0.25) is 0 Å². The van der Waals surface area contributed by atoms with Gasteiger partial charge in [-0.25, -0.2) is 4.79 Å². The van der Waals surface area contributed by atoms with Gasteiger partial charge in [-0.05, 0) is 92.4 Å². The van der Waals surface area contributed by atoms with E-state index in [1.54, 1.807) is 0 Å². The quantitative estimate of drug-likeness (QED) is 0.322. The fraction of sp³-hybridized carbons (Fsp3) is 0.700. The molecule has 1 unspecified atom stereocenters. The van der Waals surface area contributed by atoms with Gasteiger partial charge in [-0.1, -0.05) is 77.5 Å². The number of rotatable bonds is 11. The second-order valence-corrected chi connectivity index (χ2v) is 10.4. The molecular weight excluding hydrogens is 392 g/mol. The van der Waals surface area contributed by atoms with Gasteiger partial charge in [0.2, 0.25) is 0 Å². The molecule has 0 N–H and O–H groups in total. The van der Waals surface area contributed by atoms with Crippen molar-refractivity contribution in [2.24, 2.45) is 17.8 Å². The van der Waals surface area contributed by atoms with Crippen LogP contribution < -0.4 is 0 Å². The molecule has 0 amide bonds. The van der Waals surface area contributed by atoms with Gasteiger partial charge < -0.3 is 4.74 Å². The van der Waals surface area contributed by atoms with E-state index in [-0.39, 0.29) is 12.1 Å². The van der Waals surface area contributed by atoms with Gasteiger partial charge in [0.25, 0.3) is 0 Å². The normalized spacial score (nSPS) is 23.8. The van der Waals surface area contributed by atoms with Gasteiger partial charge in [-0.2, -0.15) is 0 Å². The monoisotopic (exact) mass is 438 g/mol. The maximum atomic E-state index is 12.6. The molecule has 2 aliphatic carbocycles. The maximum Gasteiger partial charge on any atom is 0.338 e. The Kier molecular flexibility index (Phi) is 10.3. The number of benzene rings is 1. The molecular formula is C30H46O2. The summed E-state index contributed by atoms with van der Waals surface area (Å²) in [5.74, 6) is 2.45. The van der Waals surface area contributed by atoms with Gasteiger partial charge in [0.05, 0.1) is 5.56 Å². The summed E-state index contributed by atoms with van der Waals surface area (Å²) in [6.07, 6.45) is 20.1. The molecule has 2 nitrogen and oxygen atoms in total. The molecule has 178 valence electrons. The van der Waals surface area contributed by atoms with Crippen molar-refractivity contribution in [3.05, 3.63) is 41.5 Å². The number of hydrogen-bond acceptors (Lipinski definition) is 2. The highest BCUT2D eigenvalue weighted by Gasteiger charge is 2.24. The molecule has 1 fully saturated rings. The minimum atomic E-state index is -0.146. The SMILES string of the molecule is CCCCC1CCC(OC(=O)c2ccc(C3=CCC(CCC(CC)CC)CC3)cc2)CC1. The van der Waals surface area contributed by atoms with Crippen LogP contribution in [-0.2, 0) is 4.74 Å². The second-order valence-electron chi connectivity index (χ2n) is 10.4. The number of hydrogen-bond donors (Lipinski definition) is 0. The van der Waals surface area contributed by atoms with E-state index in [2.05, 4.69) is 39.0 Å². The lowest BCUT2D eigenvalue weighted by Crippen LogP contribution is -2.24. The lowest BCUT2D eigenvalue weighted by molar-refractivity contribution is 0.0161. The zero-order chi connectivity index (χ0) is 22.8. The topological polar surface area (TPSA) is 26.3 Å². The standard InChI is InChI=1S/C30H46O2/c1-4-7-8-24-13-21-29(22-14-24)32-30(31)28-19-17-27(18-20-28)26-15-11-25(12-16-26)10-9-23(5-2)6-3/h15,17-20,23-25,29H,4-14,16,21-22H2,1-3H3. The van der Waals surface area contributed by atoms with Crippen LogP contribution in [0.1, 0.15) is 127 Å². The highest BCUT2D eigenvalue weighted by molar-refractivity contribution is 5.90. The van der Waals surface area contributed by atoms with Crippen molar-refractivity contribution in [3.8, 4) is 0 Å². The lowest BCUT2D eigenvalue weighted by atomic mass is 9.82. The Labute approximate surface area is 197 Å². The zero-order valence-corrected chi connectivity index (χ0v) is 20.9. The number of unbranched alkanes of at least 4 members (excludes halogenated alkanes) is 1. The third kappa shape index (κ3) is 7.49. The molecule has 0 heterocycles. The number of allylic oxidation sites excluding steroid dienone is 2. The first kappa shape index (κ1) is 25.1. The van der Waals surface area contributed by atoms with Crippen molar-refractivity contribution >= 4 is 11.5 Å². The van der Waals surface area contributed by atoms with Crippen LogP contribution in [0, 0.1) is 17.8 Å². The van der Waals surface area contributed by atoms with Gasteiger partial charge in [0.15, 0.2) is 0 Å². The fourth-order valence-electron chi connectivity index (χ4n) is 5.65. The predicted octanol–water partition coefficient (Wildman–Crippen LogP) is 8.99. The average Bonchev–Trinajstić information content (AvgIpc) is 2.85. The molecule has 0 aromatic heterocycles. The first-order valence-electron chi connectivity index (χ1n) is 13.6. The molecule has 1 atom stereocenters. The fourth-order valence-corrected chi connectivity index (χ4v) is 5.65. The van der Waals surface area contributed by atoms with Crippen molar-refractivity contribution in [3.63, 3.8) is 0 Å². The van der Waals surface area contributed by atoms with Gasteiger partial charge in [-0.15, -0.1) is 0 Å². The van der Waals surface area contributed by atoms with Crippen molar-refractivity contribution in [2.45, 2.75) is 117 Å². The van der Waals surface area contributed by atoms with Crippen LogP contribution in [0.2, 0.25) is 0 Å². The van der Waals surface area contributed by atoms with E-state index in [0.29, 0.717) is 5.56 Å². The Hall–Kier alpha value is -1.57. The number of esters is 1. The summed E-state index contributed by atoms with van der Waals surface area (Å²) >= 11 is 0. The Balaban J connectivity index is 1.44. The number of ether oxygens (including phenoxy) is 1. The minimum Gasteiger partial charge on any atom is -0.459 e. The summed E-state index contributed by atoms with van der Waals surface area (Å²) in [5.41, 5.74) is 3.42. The molecule has 0 spiro atoms. The van der Waals surface area contributed by atoms with Crippen LogP contribution in [0.3, 0.4) is 0 Å². The average molecular weight is 439 g/mol. The maximum absolute atomic E-state index is 12.6. The molecule has 3 rings (SSSR count). The third-order valence-corrected chi connectivity index (χ3v) is 8.18. The van der Waals surface area contributed by atoms with Gasteiger partial charge in [0, 0.05) is 0 Å². The Morgan fingerprint density at radius 1 is 0.938 bits per heavy atom. The smallest absolute Gasteiger partial charge is 0.338 e. The van der Waals surface area contributed by atoms with Crippen molar-refractivity contribution in [2.75, 3.05) is 0 Å². The first-order valence-corrected chi connectivity index (χ1v) is 13.6. The van der Waals surface area contributed by atoms with E-state index in [9.17, 15) is 4.79 Å². The summed E-state index contributed by atoms with van der Waals surface area (Å²) in [4.78, 5) is 12.6. The Morgan fingerprint density at radius 3 is 2.25 bits per heavy atom. The Bertz CT molecular complexity index is 705. The summed E-state index contributed by atoms with van der Waals surface area (Å²) in [6.45, 7) is 6.91. The largest absolute Gasteiger partial charge is 0.459 e. The van der Waals surface area contributed by atoms with Crippen LogP contribution in [0.4, 0.5) is 0 Å². The van der Waals surface area contributed by atoms with E-state index in [4.69, 9.17) is 4.74 Å². The van der Waals surface area contributed by atoms with Crippen molar-refractivity contribution in [1.29, 1.82) is 0 Å². The van der Waals surface area contributed by atoms with Crippen LogP contribution in [-0.4, -0.2) is 12.1 Å². The van der Waals surface area contributed by atoms with Crippen LogP contribution >= 0.6 is 0 Å². The molecule has 0 saturated heterocycles. The van der Waals surface area contributed by atoms with E-state index in [1.165, 1.54) is 88.2 Å². The third-order valence-electron chi connectivity index (χ3n) is 8.18. The summed E-state index contributed by atoms with van der Waals surface area (Å²) in [6, 6.07) is 8.17. The van der Waals surface area contributed by atoms with Crippen molar-refractivity contribution in [1.82, 2.24) is 0 Å². The molecule has 1 aromatic carbocycles. The lowest BCUT2D eigenvalue weighted by Gasteiger charge is -2.28. The molecule has 0 radical (unpaired) electrons. The summed E-state index contributed by atoms with van der Waals surface area (Å²) < 4.78 is 5.84. The molecule has 1 saturated carbocycles. The molecule has 1 aromatic rings. The predicted molar refractivity (Wildman–Crippen MR) is 136 cm³/mol. The molecule has 32 heavy (non-hydrogen) atoms.